The zero-order valence-electron chi connectivity index (χ0n) is 11.3. The van der Waals surface area contributed by atoms with Crippen molar-refractivity contribution < 1.29 is 4.79 Å². The fourth-order valence-electron chi connectivity index (χ4n) is 1.93. The van der Waals surface area contributed by atoms with E-state index >= 15 is 0 Å². The van der Waals surface area contributed by atoms with Gasteiger partial charge in [0, 0.05) is 31.0 Å². The third-order valence-corrected chi connectivity index (χ3v) is 3.09. The Morgan fingerprint density at radius 1 is 1.42 bits per heavy atom. The van der Waals surface area contributed by atoms with Gasteiger partial charge in [-0.25, -0.2) is 0 Å². The Hall–Kier alpha value is -2.31. The topological polar surface area (TPSA) is 90.8 Å². The van der Waals surface area contributed by atoms with Crippen molar-refractivity contribution in [1.29, 1.82) is 0 Å². The first kappa shape index (κ1) is 13.1. The second kappa shape index (κ2) is 5.13. The number of hydrogen-bond acceptors (Lipinski definition) is 4. The van der Waals surface area contributed by atoms with Gasteiger partial charge in [-0.3, -0.25) is 14.2 Å². The van der Waals surface area contributed by atoms with E-state index in [-0.39, 0.29) is 12.5 Å². The first-order valence-corrected chi connectivity index (χ1v) is 6.02. The summed E-state index contributed by atoms with van der Waals surface area (Å²) in [6.07, 6.45) is 1.68. The lowest BCUT2D eigenvalue weighted by Gasteiger charge is -2.06. The maximum Gasteiger partial charge on any atom is 0.242 e. The van der Waals surface area contributed by atoms with Crippen molar-refractivity contribution in [1.82, 2.24) is 24.9 Å². The van der Waals surface area contributed by atoms with Crippen molar-refractivity contribution in [2.75, 3.05) is 5.73 Å². The molecule has 102 valence electrons. The number of nitrogens with zero attached hydrogens (tertiary/aromatic N) is 4. The lowest BCUT2D eigenvalue weighted by atomic mass is 10.2. The molecule has 19 heavy (non-hydrogen) atoms. The number of carbonyl (C=O) groups is 1. The lowest BCUT2D eigenvalue weighted by molar-refractivity contribution is -0.122. The number of hydrogen-bond donors (Lipinski definition) is 2. The Labute approximate surface area is 111 Å². The molecule has 2 rings (SSSR count). The van der Waals surface area contributed by atoms with E-state index in [9.17, 15) is 4.79 Å². The highest BCUT2D eigenvalue weighted by molar-refractivity contribution is 5.75. The third kappa shape index (κ3) is 2.93. The summed E-state index contributed by atoms with van der Waals surface area (Å²) >= 11 is 0. The van der Waals surface area contributed by atoms with Gasteiger partial charge in [0.25, 0.3) is 0 Å². The van der Waals surface area contributed by atoms with Crippen LogP contribution in [-0.2, 0) is 24.9 Å². The first-order chi connectivity index (χ1) is 8.97. The van der Waals surface area contributed by atoms with E-state index in [1.165, 1.54) is 4.68 Å². The van der Waals surface area contributed by atoms with Gasteiger partial charge in [-0.15, -0.1) is 0 Å². The second-order valence-electron chi connectivity index (χ2n) is 4.49. The van der Waals surface area contributed by atoms with Crippen LogP contribution in [0.1, 0.15) is 17.0 Å². The molecule has 0 atom stereocenters. The van der Waals surface area contributed by atoms with Crippen molar-refractivity contribution in [3.8, 4) is 0 Å². The monoisotopic (exact) mass is 262 g/mol. The summed E-state index contributed by atoms with van der Waals surface area (Å²) in [5.41, 5.74) is 8.53. The molecule has 2 aromatic rings. The van der Waals surface area contributed by atoms with Crippen LogP contribution >= 0.6 is 0 Å². The highest BCUT2D eigenvalue weighted by Crippen LogP contribution is 2.11. The number of rotatable bonds is 4. The molecule has 0 unspecified atom stereocenters. The highest BCUT2D eigenvalue weighted by Gasteiger charge is 2.10. The minimum absolute atomic E-state index is 0.106. The molecule has 0 aliphatic rings. The van der Waals surface area contributed by atoms with Crippen LogP contribution in [0.2, 0.25) is 0 Å². The van der Waals surface area contributed by atoms with Crippen LogP contribution in [0.5, 0.6) is 0 Å². The van der Waals surface area contributed by atoms with Crippen LogP contribution in [0, 0.1) is 13.8 Å². The predicted molar refractivity (Wildman–Crippen MR) is 71.2 cm³/mol. The normalized spacial score (nSPS) is 10.7. The summed E-state index contributed by atoms with van der Waals surface area (Å²) in [5.74, 6) is 0.303. The number of carbonyl (C=O) groups excluding carboxylic acids is 1. The van der Waals surface area contributed by atoms with Crippen LogP contribution in [-0.4, -0.2) is 25.5 Å². The second-order valence-corrected chi connectivity index (χ2v) is 4.49. The summed E-state index contributed by atoms with van der Waals surface area (Å²) in [6, 6.07) is 1.66. The van der Waals surface area contributed by atoms with E-state index in [4.69, 9.17) is 5.73 Å². The van der Waals surface area contributed by atoms with Crippen LogP contribution in [0.25, 0.3) is 0 Å². The molecule has 0 spiro atoms. The molecule has 0 aromatic carbocycles. The molecular weight excluding hydrogens is 244 g/mol. The van der Waals surface area contributed by atoms with Gasteiger partial charge in [0.05, 0.1) is 5.69 Å². The van der Waals surface area contributed by atoms with Crippen molar-refractivity contribution in [3.63, 3.8) is 0 Å². The van der Waals surface area contributed by atoms with E-state index in [0.29, 0.717) is 12.4 Å². The molecule has 3 N–H and O–H groups in total. The molecular formula is C12H18N6O. The van der Waals surface area contributed by atoms with E-state index in [0.717, 1.165) is 17.0 Å². The average molecular weight is 262 g/mol. The van der Waals surface area contributed by atoms with Crippen LogP contribution < -0.4 is 11.1 Å². The Balaban J connectivity index is 1.93. The van der Waals surface area contributed by atoms with Gasteiger partial charge in [-0.1, -0.05) is 0 Å². The molecule has 1 amide bonds. The molecule has 0 saturated heterocycles. The van der Waals surface area contributed by atoms with Gasteiger partial charge in [0.1, 0.15) is 12.4 Å². The molecule has 7 heteroatoms. The van der Waals surface area contributed by atoms with Gasteiger partial charge >= 0.3 is 0 Å². The molecule has 2 aromatic heterocycles. The number of nitrogen functional groups attached to an aromatic ring is 1. The van der Waals surface area contributed by atoms with Gasteiger partial charge < -0.3 is 11.1 Å². The summed E-state index contributed by atoms with van der Waals surface area (Å²) in [5, 5.41) is 11.1. The molecule has 0 fully saturated rings. The Morgan fingerprint density at radius 3 is 2.68 bits per heavy atom. The van der Waals surface area contributed by atoms with Gasteiger partial charge in [-0.05, 0) is 19.9 Å². The zero-order chi connectivity index (χ0) is 14.0. The van der Waals surface area contributed by atoms with E-state index < -0.39 is 0 Å². The Morgan fingerprint density at radius 2 is 2.16 bits per heavy atom. The maximum absolute atomic E-state index is 11.8. The van der Waals surface area contributed by atoms with E-state index in [2.05, 4.69) is 15.5 Å². The van der Waals surface area contributed by atoms with Crippen LogP contribution in [0.15, 0.2) is 12.3 Å². The third-order valence-electron chi connectivity index (χ3n) is 3.09. The summed E-state index contributed by atoms with van der Waals surface area (Å²) in [6.45, 7) is 4.55. The minimum atomic E-state index is -0.106. The number of aromatic nitrogens is 4. The van der Waals surface area contributed by atoms with E-state index in [1.54, 1.807) is 12.3 Å². The molecule has 0 bridgehead atoms. The molecule has 2 heterocycles. The first-order valence-electron chi connectivity index (χ1n) is 6.02. The lowest BCUT2D eigenvalue weighted by Crippen LogP contribution is -2.27. The van der Waals surface area contributed by atoms with E-state index in [1.807, 2.05) is 25.6 Å². The van der Waals surface area contributed by atoms with Crippen molar-refractivity contribution in [2.45, 2.75) is 26.9 Å². The molecule has 0 radical (unpaired) electrons. The van der Waals surface area contributed by atoms with Crippen LogP contribution in [0.4, 0.5) is 5.82 Å². The number of aryl methyl sites for hydroxylation is 2. The fourth-order valence-corrected chi connectivity index (χ4v) is 1.93. The average Bonchev–Trinajstić information content (AvgIpc) is 2.83. The van der Waals surface area contributed by atoms with Crippen molar-refractivity contribution in [3.05, 3.63) is 29.2 Å². The number of nitrogens with one attached hydrogen (secondary N) is 1. The zero-order valence-corrected chi connectivity index (χ0v) is 11.3. The van der Waals surface area contributed by atoms with Crippen molar-refractivity contribution >= 4 is 11.7 Å². The van der Waals surface area contributed by atoms with Gasteiger partial charge in [0.2, 0.25) is 5.91 Å². The number of amides is 1. The largest absolute Gasteiger partial charge is 0.382 e. The molecule has 0 aliphatic carbocycles. The predicted octanol–water partition coefficient (Wildman–Crippen LogP) is 0.132. The Bertz CT molecular complexity index is 597. The highest BCUT2D eigenvalue weighted by atomic mass is 16.2. The summed E-state index contributed by atoms with van der Waals surface area (Å²) < 4.78 is 3.32. The van der Waals surface area contributed by atoms with Gasteiger partial charge in [-0.2, -0.15) is 10.2 Å². The fraction of sp³-hybridized carbons (Fsp3) is 0.417. The van der Waals surface area contributed by atoms with Crippen molar-refractivity contribution in [2.24, 2.45) is 7.05 Å². The maximum atomic E-state index is 11.8. The number of anilines is 1. The molecule has 0 aliphatic heterocycles. The summed E-state index contributed by atoms with van der Waals surface area (Å²) in [4.78, 5) is 11.8. The molecule has 7 nitrogen and oxygen atoms in total. The molecule has 0 saturated carbocycles. The van der Waals surface area contributed by atoms with Crippen LogP contribution in [0.3, 0.4) is 0 Å². The smallest absolute Gasteiger partial charge is 0.242 e. The van der Waals surface area contributed by atoms with Gasteiger partial charge in [0.15, 0.2) is 0 Å². The quantitative estimate of drug-likeness (QED) is 0.819. The number of nitrogens with two attached hydrogens (primary N) is 1. The summed E-state index contributed by atoms with van der Waals surface area (Å²) in [7, 11) is 1.89. The Kier molecular flexibility index (Phi) is 3.55. The minimum Gasteiger partial charge on any atom is -0.382 e. The SMILES string of the molecule is Cc1nn(C)c(C)c1CNC(=O)Cn1ccc(N)n1. The standard InChI is InChI=1S/C12H18N6O/c1-8-10(9(2)17(3)15-8)6-14-12(19)7-18-5-4-11(13)16-18/h4-5H,6-7H2,1-3H3,(H2,13,16)(H,14,19).